The molecule has 0 unspecified atom stereocenters. The third-order valence-electron chi connectivity index (χ3n) is 1.84. The smallest absolute Gasteiger partial charge is 0.0663 e. The van der Waals surface area contributed by atoms with Crippen molar-refractivity contribution >= 4 is 0 Å². The van der Waals surface area contributed by atoms with Crippen molar-refractivity contribution in [3.05, 3.63) is 37.0 Å². The Balaban J connectivity index is 3.19. The molecule has 0 aliphatic carbocycles. The molecule has 0 rings (SSSR count). The van der Waals surface area contributed by atoms with Gasteiger partial charge in [0.2, 0.25) is 0 Å². The van der Waals surface area contributed by atoms with Crippen LogP contribution in [0.5, 0.6) is 0 Å². The fourth-order valence-corrected chi connectivity index (χ4v) is 1.08. The maximum Gasteiger partial charge on any atom is 0.0663 e. The van der Waals surface area contributed by atoms with Crippen molar-refractivity contribution < 1.29 is 0 Å². The second-order valence-electron chi connectivity index (χ2n) is 3.11. The Labute approximate surface area is 87.4 Å². The van der Waals surface area contributed by atoms with Crippen molar-refractivity contribution in [1.29, 1.82) is 5.26 Å². The van der Waals surface area contributed by atoms with E-state index in [4.69, 9.17) is 5.26 Å². The molecule has 0 fully saturated rings. The van der Waals surface area contributed by atoms with E-state index in [1.54, 1.807) is 0 Å². The maximum absolute atomic E-state index is 8.26. The summed E-state index contributed by atoms with van der Waals surface area (Å²) in [5.41, 5.74) is 0. The molecule has 0 aromatic heterocycles. The zero-order chi connectivity index (χ0) is 10.5. The van der Waals surface area contributed by atoms with E-state index in [2.05, 4.69) is 24.8 Å². The minimum atomic E-state index is 0.521. The molecule has 0 amide bonds. The first-order valence-electron chi connectivity index (χ1n) is 5.19. The Morgan fingerprint density at radius 3 is 2.43 bits per heavy atom. The maximum atomic E-state index is 8.26. The van der Waals surface area contributed by atoms with E-state index < -0.39 is 0 Å². The third-order valence-corrected chi connectivity index (χ3v) is 1.84. The summed E-state index contributed by atoms with van der Waals surface area (Å²) in [6.45, 7) is 3.68. The predicted molar refractivity (Wildman–Crippen MR) is 61.8 cm³/mol. The van der Waals surface area contributed by atoms with Crippen LogP contribution in [0.2, 0.25) is 0 Å². The summed E-state index contributed by atoms with van der Waals surface area (Å²) in [5, 5.41) is 8.26. The van der Waals surface area contributed by atoms with E-state index in [1.165, 1.54) is 12.8 Å². The van der Waals surface area contributed by atoms with Crippen LogP contribution in [0, 0.1) is 11.3 Å². The monoisotopic (exact) mass is 189 g/mol. The zero-order valence-corrected chi connectivity index (χ0v) is 8.78. The normalized spacial score (nSPS) is 10.8. The van der Waals surface area contributed by atoms with Gasteiger partial charge >= 0.3 is 0 Å². The molecule has 0 heterocycles. The van der Waals surface area contributed by atoms with E-state index in [0.29, 0.717) is 6.42 Å². The standard InChI is InChI=1S/C13H19N/c1-2-3-4-5-6-7-8-9-10-11-12-13-14/h2,7-8,10-11H,1,3-6,9,12H2/b8-7+,11-10+. The second-order valence-corrected chi connectivity index (χ2v) is 3.11. The number of nitrogens with zero attached hydrogens (tertiary/aromatic N) is 1. The van der Waals surface area contributed by atoms with Gasteiger partial charge in [-0.05, 0) is 32.1 Å². The van der Waals surface area contributed by atoms with E-state index in [1.807, 2.05) is 18.2 Å². The molecule has 1 nitrogen and oxygen atoms in total. The van der Waals surface area contributed by atoms with E-state index in [9.17, 15) is 0 Å². The minimum absolute atomic E-state index is 0.521. The van der Waals surface area contributed by atoms with Crippen LogP contribution in [0.1, 0.15) is 38.5 Å². The Bertz CT molecular complexity index is 218. The number of rotatable bonds is 8. The van der Waals surface area contributed by atoms with Crippen LogP contribution in [0.4, 0.5) is 0 Å². The van der Waals surface area contributed by atoms with Gasteiger partial charge in [-0.15, -0.1) is 6.58 Å². The van der Waals surface area contributed by atoms with Crippen molar-refractivity contribution in [3.63, 3.8) is 0 Å². The van der Waals surface area contributed by atoms with Gasteiger partial charge in [0.25, 0.3) is 0 Å². The summed E-state index contributed by atoms with van der Waals surface area (Å²) in [6, 6.07) is 2.07. The third kappa shape index (κ3) is 10.7. The molecule has 0 spiro atoms. The first-order chi connectivity index (χ1) is 6.91. The van der Waals surface area contributed by atoms with Gasteiger partial charge < -0.3 is 0 Å². The van der Waals surface area contributed by atoms with Gasteiger partial charge in [0.05, 0.1) is 12.5 Å². The SMILES string of the molecule is C=CCCCC/C=C/C/C=C/CC#N. The van der Waals surface area contributed by atoms with Crippen LogP contribution >= 0.6 is 0 Å². The molecule has 14 heavy (non-hydrogen) atoms. The van der Waals surface area contributed by atoms with Crippen molar-refractivity contribution in [3.8, 4) is 6.07 Å². The molecule has 0 aromatic carbocycles. The minimum Gasteiger partial charge on any atom is -0.198 e. The highest BCUT2D eigenvalue weighted by Gasteiger charge is 1.81. The predicted octanol–water partition coefficient (Wildman–Crippen LogP) is 4.15. The molecule has 0 aromatic rings. The van der Waals surface area contributed by atoms with Gasteiger partial charge in [-0.3, -0.25) is 0 Å². The topological polar surface area (TPSA) is 23.8 Å². The molecular formula is C13H19N. The molecule has 0 atom stereocenters. The molecule has 0 bridgehead atoms. The van der Waals surface area contributed by atoms with Crippen LogP contribution in [-0.4, -0.2) is 0 Å². The quantitative estimate of drug-likeness (QED) is 0.415. The van der Waals surface area contributed by atoms with E-state index in [0.717, 1.165) is 19.3 Å². The van der Waals surface area contributed by atoms with Gasteiger partial charge in [0.1, 0.15) is 0 Å². The van der Waals surface area contributed by atoms with Crippen molar-refractivity contribution in [2.24, 2.45) is 0 Å². The lowest BCUT2D eigenvalue weighted by atomic mass is 10.2. The average molecular weight is 189 g/mol. The van der Waals surface area contributed by atoms with Crippen LogP contribution in [0.3, 0.4) is 0 Å². The molecular weight excluding hydrogens is 170 g/mol. The van der Waals surface area contributed by atoms with Crippen LogP contribution in [0.25, 0.3) is 0 Å². The fraction of sp³-hybridized carbons (Fsp3) is 0.462. The molecule has 1 heteroatoms. The van der Waals surface area contributed by atoms with Crippen molar-refractivity contribution in [1.82, 2.24) is 0 Å². The summed E-state index contributed by atoms with van der Waals surface area (Å²) in [4.78, 5) is 0. The molecule has 76 valence electrons. The van der Waals surface area contributed by atoms with E-state index >= 15 is 0 Å². The van der Waals surface area contributed by atoms with Crippen molar-refractivity contribution in [2.45, 2.75) is 38.5 Å². The van der Waals surface area contributed by atoms with Crippen molar-refractivity contribution in [2.75, 3.05) is 0 Å². The highest BCUT2D eigenvalue weighted by Crippen LogP contribution is 2.01. The zero-order valence-electron chi connectivity index (χ0n) is 8.78. The molecule has 0 N–H and O–H groups in total. The van der Waals surface area contributed by atoms with E-state index in [-0.39, 0.29) is 0 Å². The van der Waals surface area contributed by atoms with Gasteiger partial charge in [0.15, 0.2) is 0 Å². The lowest BCUT2D eigenvalue weighted by molar-refractivity contribution is 0.762. The molecule has 0 saturated carbocycles. The number of hydrogen-bond acceptors (Lipinski definition) is 1. The fourth-order valence-electron chi connectivity index (χ4n) is 1.08. The van der Waals surface area contributed by atoms with Gasteiger partial charge in [0, 0.05) is 0 Å². The number of hydrogen-bond donors (Lipinski definition) is 0. The summed E-state index contributed by atoms with van der Waals surface area (Å²) in [5.74, 6) is 0. The largest absolute Gasteiger partial charge is 0.198 e. The van der Waals surface area contributed by atoms with Crippen LogP contribution in [0.15, 0.2) is 37.0 Å². The summed E-state index contributed by atoms with van der Waals surface area (Å²) in [6.07, 6.45) is 16.5. The summed E-state index contributed by atoms with van der Waals surface area (Å²) in [7, 11) is 0. The molecule has 0 aliphatic heterocycles. The highest BCUT2D eigenvalue weighted by atomic mass is 14.2. The Kier molecular flexibility index (Phi) is 10.6. The Morgan fingerprint density at radius 1 is 1.00 bits per heavy atom. The highest BCUT2D eigenvalue weighted by molar-refractivity contribution is 4.96. The molecule has 0 saturated heterocycles. The van der Waals surface area contributed by atoms with Gasteiger partial charge in [-0.25, -0.2) is 0 Å². The lowest BCUT2D eigenvalue weighted by Gasteiger charge is -1.91. The lowest BCUT2D eigenvalue weighted by Crippen LogP contribution is -1.71. The Hall–Kier alpha value is -1.29. The molecule has 0 aliphatic rings. The second kappa shape index (κ2) is 11.7. The first-order valence-corrected chi connectivity index (χ1v) is 5.19. The van der Waals surface area contributed by atoms with Crippen LogP contribution < -0.4 is 0 Å². The van der Waals surface area contributed by atoms with Gasteiger partial charge in [-0.2, -0.15) is 5.26 Å². The van der Waals surface area contributed by atoms with Crippen LogP contribution in [-0.2, 0) is 0 Å². The summed E-state index contributed by atoms with van der Waals surface area (Å²) < 4.78 is 0. The number of allylic oxidation sites excluding steroid dienone is 5. The summed E-state index contributed by atoms with van der Waals surface area (Å²) >= 11 is 0. The first kappa shape index (κ1) is 12.7. The van der Waals surface area contributed by atoms with Gasteiger partial charge in [-0.1, -0.05) is 30.4 Å². The average Bonchev–Trinajstić information content (AvgIpc) is 2.21. The molecule has 0 radical (unpaired) electrons. The Morgan fingerprint density at radius 2 is 1.71 bits per heavy atom. The number of nitriles is 1. The number of unbranched alkanes of at least 4 members (excludes halogenated alkanes) is 3.